The molecule has 22 heavy (non-hydrogen) atoms. The molecule has 0 aliphatic carbocycles. The summed E-state index contributed by atoms with van der Waals surface area (Å²) in [5.41, 5.74) is 0.773. The van der Waals surface area contributed by atoms with E-state index >= 15 is 0 Å². The number of rotatable bonds is 4. The molecule has 2 aromatic carbocycles. The van der Waals surface area contributed by atoms with Crippen LogP contribution >= 0.6 is 27.7 Å². The summed E-state index contributed by atoms with van der Waals surface area (Å²) < 4.78 is 11.9. The molecule has 1 N–H and O–H groups in total. The maximum absolute atomic E-state index is 12.0. The van der Waals surface area contributed by atoms with Gasteiger partial charge in [0.05, 0.1) is 11.4 Å². The smallest absolute Gasteiger partial charge is 0.234 e. The molecular weight excluding hydrogens is 366 g/mol. The van der Waals surface area contributed by atoms with Crippen molar-refractivity contribution in [2.45, 2.75) is 4.90 Å². The minimum absolute atomic E-state index is 0.0493. The molecule has 1 heterocycles. The van der Waals surface area contributed by atoms with Gasteiger partial charge < -0.3 is 14.8 Å². The van der Waals surface area contributed by atoms with Crippen molar-refractivity contribution in [2.75, 3.05) is 24.3 Å². The molecular formula is C16H14BrNO3S. The molecule has 0 saturated heterocycles. The molecule has 0 bridgehead atoms. The summed E-state index contributed by atoms with van der Waals surface area (Å²) in [5.74, 6) is 1.78. The van der Waals surface area contributed by atoms with E-state index in [2.05, 4.69) is 21.2 Å². The fourth-order valence-corrected chi connectivity index (χ4v) is 3.12. The number of fused-ring (bicyclic) bond motifs is 1. The normalized spacial score (nSPS) is 12.8. The van der Waals surface area contributed by atoms with Crippen molar-refractivity contribution in [1.82, 2.24) is 0 Å². The van der Waals surface area contributed by atoms with Gasteiger partial charge in [-0.2, -0.15) is 0 Å². The van der Waals surface area contributed by atoms with Crippen LogP contribution in [-0.2, 0) is 4.79 Å². The first-order chi connectivity index (χ1) is 10.7. The van der Waals surface area contributed by atoms with E-state index in [1.807, 2.05) is 42.5 Å². The van der Waals surface area contributed by atoms with Crippen molar-refractivity contribution in [3.05, 3.63) is 46.9 Å². The summed E-state index contributed by atoms with van der Waals surface area (Å²) in [4.78, 5) is 13.0. The van der Waals surface area contributed by atoms with Crippen molar-refractivity contribution in [3.63, 3.8) is 0 Å². The monoisotopic (exact) mass is 379 g/mol. The fraction of sp³-hybridized carbons (Fsp3) is 0.188. The number of nitrogens with one attached hydrogen (secondary N) is 1. The highest BCUT2D eigenvalue weighted by Crippen LogP contribution is 2.34. The van der Waals surface area contributed by atoms with Crippen LogP contribution in [0.5, 0.6) is 11.5 Å². The summed E-state index contributed by atoms with van der Waals surface area (Å²) in [6.07, 6.45) is 0. The fourth-order valence-electron chi connectivity index (χ4n) is 2.01. The Morgan fingerprint density at radius 2 is 1.91 bits per heavy atom. The standard InChI is InChI=1S/C16H14BrNO3S/c17-12-3-1-2-4-13(12)18-16(19)10-22-11-5-6-14-15(9-11)21-8-7-20-14/h1-6,9H,7-8,10H2,(H,18,19). The molecule has 114 valence electrons. The van der Waals surface area contributed by atoms with Gasteiger partial charge in [0.25, 0.3) is 0 Å². The highest BCUT2D eigenvalue weighted by atomic mass is 79.9. The summed E-state index contributed by atoms with van der Waals surface area (Å²) in [6.45, 7) is 1.14. The predicted octanol–water partition coefficient (Wildman–Crippen LogP) is 3.95. The third-order valence-corrected chi connectivity index (χ3v) is 4.72. The Labute approximate surface area is 141 Å². The minimum atomic E-state index is -0.0493. The lowest BCUT2D eigenvalue weighted by atomic mass is 10.3. The molecule has 0 spiro atoms. The van der Waals surface area contributed by atoms with Crippen molar-refractivity contribution in [3.8, 4) is 11.5 Å². The first-order valence-electron chi connectivity index (χ1n) is 6.79. The zero-order valence-corrected chi connectivity index (χ0v) is 14.1. The van der Waals surface area contributed by atoms with E-state index in [9.17, 15) is 4.79 Å². The molecule has 3 rings (SSSR count). The third kappa shape index (κ3) is 3.75. The van der Waals surface area contributed by atoms with Gasteiger partial charge in [0, 0.05) is 9.37 Å². The number of para-hydroxylation sites is 1. The Morgan fingerprint density at radius 1 is 1.14 bits per heavy atom. The van der Waals surface area contributed by atoms with E-state index in [0.29, 0.717) is 19.0 Å². The van der Waals surface area contributed by atoms with Gasteiger partial charge in [-0.05, 0) is 46.3 Å². The van der Waals surface area contributed by atoms with E-state index in [4.69, 9.17) is 9.47 Å². The Morgan fingerprint density at radius 3 is 2.73 bits per heavy atom. The van der Waals surface area contributed by atoms with Crippen LogP contribution in [0.15, 0.2) is 51.8 Å². The third-order valence-electron chi connectivity index (χ3n) is 3.03. The van der Waals surface area contributed by atoms with Crippen LogP contribution in [0.1, 0.15) is 0 Å². The molecule has 2 aromatic rings. The SMILES string of the molecule is O=C(CSc1ccc2c(c1)OCCO2)Nc1ccccc1Br. The van der Waals surface area contributed by atoms with Crippen LogP contribution in [0, 0.1) is 0 Å². The number of hydrogen-bond donors (Lipinski definition) is 1. The Hall–Kier alpha value is -1.66. The molecule has 0 radical (unpaired) electrons. The van der Waals surface area contributed by atoms with Crippen LogP contribution in [0.25, 0.3) is 0 Å². The molecule has 0 saturated carbocycles. The van der Waals surface area contributed by atoms with Crippen LogP contribution in [0.4, 0.5) is 5.69 Å². The molecule has 1 aliphatic rings. The van der Waals surface area contributed by atoms with Gasteiger partial charge >= 0.3 is 0 Å². The molecule has 4 nitrogen and oxygen atoms in total. The zero-order chi connectivity index (χ0) is 15.4. The van der Waals surface area contributed by atoms with E-state index < -0.39 is 0 Å². The maximum Gasteiger partial charge on any atom is 0.234 e. The lowest BCUT2D eigenvalue weighted by Crippen LogP contribution is -2.15. The van der Waals surface area contributed by atoms with Gasteiger partial charge in [-0.3, -0.25) is 4.79 Å². The lowest BCUT2D eigenvalue weighted by Gasteiger charge is -2.18. The van der Waals surface area contributed by atoms with E-state index in [1.165, 1.54) is 11.8 Å². The topological polar surface area (TPSA) is 47.6 Å². The van der Waals surface area contributed by atoms with Crippen LogP contribution in [0.3, 0.4) is 0 Å². The molecule has 0 atom stereocenters. The van der Waals surface area contributed by atoms with Crippen molar-refractivity contribution in [1.29, 1.82) is 0 Å². The minimum Gasteiger partial charge on any atom is -0.486 e. The second kappa shape index (κ2) is 7.07. The first kappa shape index (κ1) is 15.2. The number of benzene rings is 2. The lowest BCUT2D eigenvalue weighted by molar-refractivity contribution is -0.113. The molecule has 1 aliphatic heterocycles. The van der Waals surface area contributed by atoms with Crippen LogP contribution in [0.2, 0.25) is 0 Å². The van der Waals surface area contributed by atoms with Crippen molar-refractivity contribution < 1.29 is 14.3 Å². The number of ether oxygens (including phenoxy) is 2. The van der Waals surface area contributed by atoms with E-state index in [1.54, 1.807) is 0 Å². The zero-order valence-electron chi connectivity index (χ0n) is 11.7. The summed E-state index contributed by atoms with van der Waals surface area (Å²) in [7, 11) is 0. The van der Waals surface area contributed by atoms with E-state index in [-0.39, 0.29) is 5.91 Å². The van der Waals surface area contributed by atoms with Gasteiger partial charge in [-0.25, -0.2) is 0 Å². The van der Waals surface area contributed by atoms with E-state index in [0.717, 1.165) is 26.6 Å². The second-order valence-electron chi connectivity index (χ2n) is 4.62. The van der Waals surface area contributed by atoms with Gasteiger partial charge in [0.1, 0.15) is 13.2 Å². The van der Waals surface area contributed by atoms with Crippen molar-refractivity contribution in [2.24, 2.45) is 0 Å². The molecule has 0 aromatic heterocycles. The number of carbonyl (C=O) groups excluding carboxylic acids is 1. The number of hydrogen-bond acceptors (Lipinski definition) is 4. The van der Waals surface area contributed by atoms with Gasteiger partial charge in [0.15, 0.2) is 11.5 Å². The number of amides is 1. The maximum atomic E-state index is 12.0. The number of carbonyl (C=O) groups is 1. The largest absolute Gasteiger partial charge is 0.486 e. The predicted molar refractivity (Wildman–Crippen MR) is 90.9 cm³/mol. The molecule has 1 amide bonds. The average molecular weight is 380 g/mol. The first-order valence-corrected chi connectivity index (χ1v) is 8.57. The molecule has 0 fully saturated rings. The number of thioether (sulfide) groups is 1. The highest BCUT2D eigenvalue weighted by molar-refractivity contribution is 9.10. The van der Waals surface area contributed by atoms with Crippen LogP contribution in [-0.4, -0.2) is 24.9 Å². The molecule has 0 unspecified atom stereocenters. The summed E-state index contributed by atoms with van der Waals surface area (Å²) >= 11 is 4.87. The summed E-state index contributed by atoms with van der Waals surface area (Å²) in [5, 5.41) is 2.88. The van der Waals surface area contributed by atoms with Gasteiger partial charge in [-0.1, -0.05) is 12.1 Å². The molecule has 6 heteroatoms. The van der Waals surface area contributed by atoms with Crippen molar-refractivity contribution >= 4 is 39.3 Å². The Bertz CT molecular complexity index is 693. The van der Waals surface area contributed by atoms with Gasteiger partial charge in [-0.15, -0.1) is 11.8 Å². The number of halogens is 1. The van der Waals surface area contributed by atoms with Gasteiger partial charge in [0.2, 0.25) is 5.91 Å². The Kier molecular flexibility index (Phi) is 4.90. The average Bonchev–Trinajstić information content (AvgIpc) is 2.55. The highest BCUT2D eigenvalue weighted by Gasteiger charge is 2.12. The van der Waals surface area contributed by atoms with Crippen LogP contribution < -0.4 is 14.8 Å². The Balaban J connectivity index is 1.58. The second-order valence-corrected chi connectivity index (χ2v) is 6.53. The quantitative estimate of drug-likeness (QED) is 0.816. The summed E-state index contributed by atoms with van der Waals surface area (Å²) in [6, 6.07) is 13.3. The number of anilines is 1.